The van der Waals surface area contributed by atoms with E-state index in [0.717, 1.165) is 99.1 Å². The first-order chi connectivity index (χ1) is 27.6. The van der Waals surface area contributed by atoms with Gasteiger partial charge in [0.25, 0.3) is 0 Å². The summed E-state index contributed by atoms with van der Waals surface area (Å²) in [4.78, 5) is 71.9. The summed E-state index contributed by atoms with van der Waals surface area (Å²) in [6.45, 7) is 4.78. The van der Waals surface area contributed by atoms with Crippen LogP contribution >= 0.6 is 0 Å². The lowest BCUT2D eigenvalue weighted by Crippen LogP contribution is -2.51. The Morgan fingerprint density at radius 3 is 2.26 bits per heavy atom. The average Bonchev–Trinajstić information content (AvgIpc) is 3.98. The minimum Gasteiger partial charge on any atom is -0.453 e. The van der Waals surface area contributed by atoms with Crippen LogP contribution in [0, 0.1) is 5.92 Å². The van der Waals surface area contributed by atoms with E-state index in [0.29, 0.717) is 13.1 Å². The molecule has 1 fully saturated rings. The summed E-state index contributed by atoms with van der Waals surface area (Å²) in [6, 6.07) is 21.7. The molecule has 2 unspecified atom stereocenters. The maximum absolute atomic E-state index is 13.6. The third-order valence-corrected chi connectivity index (χ3v) is 10.3. The normalized spacial score (nSPS) is 14.6. The topological polar surface area (TPSA) is 196 Å². The van der Waals surface area contributed by atoms with Crippen LogP contribution in [0.1, 0.15) is 57.2 Å². The molecule has 3 aromatic heterocycles. The highest BCUT2D eigenvalue weighted by atomic mass is 16.5. The van der Waals surface area contributed by atoms with E-state index in [-0.39, 0.29) is 30.3 Å². The number of carbonyl (C=O) groups is 4. The Morgan fingerprint density at radius 2 is 1.49 bits per heavy atom. The summed E-state index contributed by atoms with van der Waals surface area (Å²) in [5, 5.41) is 8.87. The minimum atomic E-state index is -0.694. The monoisotopic (exact) mass is 773 g/mol. The number of aryl methyl sites for hydroxylation is 1. The lowest BCUT2D eigenvalue weighted by atomic mass is 10.0. The minimum absolute atomic E-state index is 0.110. The number of benzene rings is 3. The summed E-state index contributed by atoms with van der Waals surface area (Å²) in [5.41, 5.74) is 8.31. The van der Waals surface area contributed by atoms with Crippen LogP contribution in [-0.4, -0.2) is 93.7 Å². The van der Waals surface area contributed by atoms with Crippen molar-refractivity contribution in [3.8, 4) is 22.4 Å². The summed E-state index contributed by atoms with van der Waals surface area (Å²) in [6.07, 6.45) is 2.72. The van der Waals surface area contributed by atoms with Crippen molar-refractivity contribution >= 4 is 57.0 Å². The molecular weight excluding hydrogens is 727 g/mol. The molecule has 15 nitrogen and oxygen atoms in total. The molecule has 0 saturated carbocycles. The van der Waals surface area contributed by atoms with Gasteiger partial charge < -0.3 is 40.3 Å². The summed E-state index contributed by atoms with van der Waals surface area (Å²) in [7, 11) is 2.54. The number of pyridine rings is 1. The molecule has 6 aromatic rings. The molecule has 0 aliphatic carbocycles. The van der Waals surface area contributed by atoms with Gasteiger partial charge in [-0.15, -0.1) is 0 Å². The van der Waals surface area contributed by atoms with E-state index in [2.05, 4.69) is 61.0 Å². The number of methoxy groups -OCH3 is 2. The van der Waals surface area contributed by atoms with Crippen LogP contribution in [0.4, 0.5) is 9.59 Å². The molecule has 3 aromatic carbocycles. The first kappa shape index (κ1) is 38.8. The number of aromatic nitrogens is 5. The molecule has 0 bridgehead atoms. The predicted molar refractivity (Wildman–Crippen MR) is 216 cm³/mol. The van der Waals surface area contributed by atoms with E-state index in [1.54, 1.807) is 0 Å². The van der Waals surface area contributed by atoms with Crippen LogP contribution in [0.3, 0.4) is 0 Å². The number of H-pyrrole nitrogens is 2. The van der Waals surface area contributed by atoms with Crippen molar-refractivity contribution in [3.05, 3.63) is 78.4 Å². The number of amides is 4. The summed E-state index contributed by atoms with van der Waals surface area (Å²) >= 11 is 0. The molecule has 0 radical (unpaired) electrons. The van der Waals surface area contributed by atoms with E-state index in [4.69, 9.17) is 19.7 Å². The van der Waals surface area contributed by atoms with Gasteiger partial charge in [-0.25, -0.2) is 24.5 Å². The molecule has 0 spiro atoms. The van der Waals surface area contributed by atoms with Gasteiger partial charge in [0.2, 0.25) is 11.8 Å². The Hall–Kier alpha value is -6.51. The Bertz CT molecular complexity index is 2440. The number of aromatic amines is 2. The van der Waals surface area contributed by atoms with Gasteiger partial charge in [-0.2, -0.15) is 0 Å². The van der Waals surface area contributed by atoms with E-state index in [1.165, 1.54) is 14.2 Å². The van der Waals surface area contributed by atoms with Gasteiger partial charge in [-0.3, -0.25) is 9.59 Å². The largest absolute Gasteiger partial charge is 0.453 e. The van der Waals surface area contributed by atoms with Crippen molar-refractivity contribution < 1.29 is 28.7 Å². The molecule has 57 heavy (non-hydrogen) atoms. The molecule has 296 valence electrons. The van der Waals surface area contributed by atoms with Gasteiger partial charge in [-0.05, 0) is 85.2 Å². The van der Waals surface area contributed by atoms with Crippen molar-refractivity contribution in [2.45, 2.75) is 58.0 Å². The smallest absolute Gasteiger partial charge is 0.407 e. The number of likely N-dealkylation sites (tertiary alicyclic amines) is 1. The number of hydrogen-bond acceptors (Lipinski definition) is 9. The Balaban J connectivity index is 1.00. The molecule has 4 amide bonds. The van der Waals surface area contributed by atoms with Gasteiger partial charge in [0.15, 0.2) is 0 Å². The Labute approximate surface area is 329 Å². The second kappa shape index (κ2) is 17.1. The number of fused-ring (bicyclic) bond motifs is 3. The summed E-state index contributed by atoms with van der Waals surface area (Å²) < 4.78 is 9.24. The highest BCUT2D eigenvalue weighted by Gasteiger charge is 2.37. The van der Waals surface area contributed by atoms with Crippen molar-refractivity contribution in [1.82, 2.24) is 45.8 Å². The number of hydrogen-bond donors (Lipinski definition) is 5. The second-order valence-corrected chi connectivity index (χ2v) is 14.6. The molecule has 1 aliphatic rings. The zero-order valence-corrected chi connectivity index (χ0v) is 32.5. The van der Waals surface area contributed by atoms with Crippen molar-refractivity contribution in [2.75, 3.05) is 33.9 Å². The van der Waals surface area contributed by atoms with Crippen LogP contribution in [0.15, 0.2) is 66.7 Å². The fourth-order valence-corrected chi connectivity index (χ4v) is 7.30. The standard InChI is InChI=1S/C42H47N9O6/c1-24(2)38(50-42(55)57-4)40(53)51-19-7-8-35(51)39-48-32-17-13-28(22-34(32)49-39)30-15-12-27-20-25(10-14-29(27)45-30)26-11-16-31-33(21-26)47-36(46-31)9-5-6-18-43-37(52)23-44-41(54)56-3/h10-17,20-22,24,35,38H,5-9,18-19,23H2,1-4H3,(H,43,52)(H,44,54)(H,46,47)(H,48,49)(H,50,55). The average molecular weight is 774 g/mol. The van der Waals surface area contributed by atoms with E-state index < -0.39 is 18.2 Å². The first-order valence-electron chi connectivity index (χ1n) is 19.2. The SMILES string of the molecule is COC(=O)NCC(=O)NCCCCc1nc2ccc(-c3ccc4nc(-c5ccc6nc(C7CCCN7C(=O)C(NC(=O)OC)C(C)C)[nH]c6c5)ccc4c3)cc2[nH]1. The fourth-order valence-electron chi connectivity index (χ4n) is 7.30. The summed E-state index contributed by atoms with van der Waals surface area (Å²) in [5.74, 6) is 1.10. The highest BCUT2D eigenvalue weighted by Crippen LogP contribution is 2.34. The van der Waals surface area contributed by atoms with Crippen LogP contribution in [0.25, 0.3) is 55.4 Å². The molecule has 1 saturated heterocycles. The number of imidazole rings is 2. The molecule has 2 atom stereocenters. The van der Waals surface area contributed by atoms with Crippen molar-refractivity contribution in [1.29, 1.82) is 0 Å². The third kappa shape index (κ3) is 8.82. The molecular formula is C42H47N9O6. The van der Waals surface area contributed by atoms with Gasteiger partial charge in [-0.1, -0.05) is 38.1 Å². The van der Waals surface area contributed by atoms with Crippen molar-refractivity contribution in [3.63, 3.8) is 0 Å². The van der Waals surface area contributed by atoms with Gasteiger partial charge >= 0.3 is 12.2 Å². The molecule has 1 aliphatic heterocycles. The number of alkyl carbamates (subject to hydrolysis) is 2. The maximum Gasteiger partial charge on any atom is 0.407 e. The highest BCUT2D eigenvalue weighted by molar-refractivity contribution is 5.90. The predicted octanol–water partition coefficient (Wildman–Crippen LogP) is 6.16. The Morgan fingerprint density at radius 1 is 0.789 bits per heavy atom. The lowest BCUT2D eigenvalue weighted by molar-refractivity contribution is -0.135. The van der Waals surface area contributed by atoms with Crippen LogP contribution < -0.4 is 16.0 Å². The van der Waals surface area contributed by atoms with Crippen LogP contribution in [-0.2, 0) is 25.5 Å². The number of rotatable bonds is 13. The van der Waals surface area contributed by atoms with Crippen molar-refractivity contribution in [2.24, 2.45) is 5.92 Å². The second-order valence-electron chi connectivity index (χ2n) is 14.6. The quantitative estimate of drug-likeness (QED) is 0.0854. The van der Waals surface area contributed by atoms with Crippen LogP contribution in [0.2, 0.25) is 0 Å². The van der Waals surface area contributed by atoms with E-state index >= 15 is 0 Å². The maximum atomic E-state index is 13.6. The third-order valence-electron chi connectivity index (χ3n) is 10.3. The number of nitrogens with one attached hydrogen (secondary N) is 5. The van der Waals surface area contributed by atoms with Gasteiger partial charge in [0, 0.05) is 30.5 Å². The zero-order valence-electron chi connectivity index (χ0n) is 32.5. The van der Waals surface area contributed by atoms with E-state index in [9.17, 15) is 19.2 Å². The van der Waals surface area contributed by atoms with Gasteiger partial charge in [0.05, 0.1) is 60.1 Å². The number of carbonyl (C=O) groups excluding carboxylic acids is 4. The number of nitrogens with zero attached hydrogens (tertiary/aromatic N) is 4. The number of ether oxygens (including phenoxy) is 2. The molecule has 15 heteroatoms. The van der Waals surface area contributed by atoms with Crippen LogP contribution in [0.5, 0.6) is 0 Å². The molecule has 7 rings (SSSR count). The Kier molecular flexibility index (Phi) is 11.6. The number of unbranched alkanes of at least 4 members (excludes halogenated alkanes) is 1. The fraction of sp³-hybridized carbons (Fsp3) is 0.357. The molecule has 4 heterocycles. The molecule has 5 N–H and O–H groups in total. The van der Waals surface area contributed by atoms with E-state index in [1.807, 2.05) is 55.1 Å². The first-order valence-corrected chi connectivity index (χ1v) is 19.2. The lowest BCUT2D eigenvalue weighted by Gasteiger charge is -2.29. The van der Waals surface area contributed by atoms with Gasteiger partial charge in [0.1, 0.15) is 17.7 Å². The zero-order chi connectivity index (χ0) is 40.1.